The summed E-state index contributed by atoms with van der Waals surface area (Å²) >= 11 is 0. The number of likely N-dealkylation sites (N-methyl/N-ethyl adjacent to an activating group) is 1. The monoisotopic (exact) mass is 394 g/mol. The second kappa shape index (κ2) is 9.16. The van der Waals surface area contributed by atoms with Gasteiger partial charge in [-0.15, -0.1) is 0 Å². The highest BCUT2D eigenvalue weighted by Crippen LogP contribution is 2.18. The molecule has 7 nitrogen and oxygen atoms in total. The van der Waals surface area contributed by atoms with Crippen LogP contribution < -0.4 is 10.2 Å². The molecule has 1 aromatic carbocycles. The van der Waals surface area contributed by atoms with Crippen molar-refractivity contribution in [3.63, 3.8) is 0 Å². The first-order valence-corrected chi connectivity index (χ1v) is 10.5. The Morgan fingerprint density at radius 2 is 1.74 bits per heavy atom. The molecule has 0 aliphatic heterocycles. The lowest BCUT2D eigenvalue weighted by Gasteiger charge is -2.18. The van der Waals surface area contributed by atoms with Crippen molar-refractivity contribution in [3.8, 4) is 0 Å². The number of furan rings is 1. The minimum Gasteiger partial charge on any atom is -0.460 e. The standard InChI is InChI=1S/C19H27N3O4S/c1-5-22(6-2)27(24,25)18-11-8-16(9-12-18)20-19(23)14-21(4)13-17-10-7-15(3)26-17/h7-12H,5-6,13-14H2,1-4H3,(H,20,23)/p+1. The van der Waals surface area contributed by atoms with E-state index < -0.39 is 10.0 Å². The summed E-state index contributed by atoms with van der Waals surface area (Å²) in [6.45, 7) is 7.22. The van der Waals surface area contributed by atoms with E-state index in [2.05, 4.69) is 5.32 Å². The molecule has 0 fully saturated rings. The summed E-state index contributed by atoms with van der Waals surface area (Å²) in [5.74, 6) is 1.54. The largest absolute Gasteiger partial charge is 0.460 e. The van der Waals surface area contributed by atoms with Crippen LogP contribution in [-0.2, 0) is 21.4 Å². The summed E-state index contributed by atoms with van der Waals surface area (Å²) in [4.78, 5) is 13.4. The zero-order chi connectivity index (χ0) is 20.0. The summed E-state index contributed by atoms with van der Waals surface area (Å²) in [6, 6.07) is 10.1. The fourth-order valence-corrected chi connectivity index (χ4v) is 4.30. The Morgan fingerprint density at radius 1 is 1.11 bits per heavy atom. The number of hydrogen-bond donors (Lipinski definition) is 2. The van der Waals surface area contributed by atoms with Gasteiger partial charge in [0.1, 0.15) is 12.3 Å². The topological polar surface area (TPSA) is 84.1 Å². The SMILES string of the molecule is CCN(CC)S(=O)(=O)c1ccc(NC(=O)C[NH+](C)Cc2ccc(C)o2)cc1. The molecule has 0 saturated heterocycles. The van der Waals surface area contributed by atoms with Crippen LogP contribution in [0.3, 0.4) is 0 Å². The number of carbonyl (C=O) groups excluding carboxylic acids is 1. The minimum atomic E-state index is -3.49. The third-order valence-corrected chi connectivity index (χ3v) is 6.28. The summed E-state index contributed by atoms with van der Waals surface area (Å²) in [5.41, 5.74) is 0.570. The quantitative estimate of drug-likeness (QED) is 0.671. The molecule has 8 heteroatoms. The average Bonchev–Trinajstić information content (AvgIpc) is 3.00. The van der Waals surface area contributed by atoms with Crippen LogP contribution in [0.15, 0.2) is 45.7 Å². The molecule has 148 valence electrons. The maximum Gasteiger partial charge on any atom is 0.279 e. The fraction of sp³-hybridized carbons (Fsp3) is 0.421. The number of amides is 1. The summed E-state index contributed by atoms with van der Waals surface area (Å²) in [7, 11) is -1.58. The molecular weight excluding hydrogens is 366 g/mol. The lowest BCUT2D eigenvalue weighted by molar-refractivity contribution is -0.886. The first kappa shape index (κ1) is 21.1. The number of aryl methyl sites for hydroxylation is 1. The van der Waals surface area contributed by atoms with Crippen molar-refractivity contribution >= 4 is 21.6 Å². The van der Waals surface area contributed by atoms with Crippen LogP contribution in [0, 0.1) is 6.92 Å². The highest BCUT2D eigenvalue weighted by atomic mass is 32.2. The lowest BCUT2D eigenvalue weighted by atomic mass is 10.3. The van der Waals surface area contributed by atoms with Gasteiger partial charge in [0.25, 0.3) is 5.91 Å². The number of quaternary nitrogens is 1. The van der Waals surface area contributed by atoms with E-state index in [1.54, 1.807) is 26.0 Å². The average molecular weight is 395 g/mol. The maximum atomic E-state index is 12.5. The van der Waals surface area contributed by atoms with Crippen molar-refractivity contribution in [1.82, 2.24) is 4.31 Å². The van der Waals surface area contributed by atoms with Crippen LogP contribution >= 0.6 is 0 Å². The minimum absolute atomic E-state index is 0.143. The van der Waals surface area contributed by atoms with Gasteiger partial charge in [-0.25, -0.2) is 8.42 Å². The van der Waals surface area contributed by atoms with Gasteiger partial charge >= 0.3 is 0 Å². The first-order chi connectivity index (χ1) is 12.8. The molecule has 1 atom stereocenters. The van der Waals surface area contributed by atoms with Crippen LogP contribution in [0.4, 0.5) is 5.69 Å². The molecule has 1 aromatic heterocycles. The first-order valence-electron chi connectivity index (χ1n) is 9.03. The number of carbonyl (C=O) groups is 1. The van der Waals surface area contributed by atoms with E-state index in [0.717, 1.165) is 16.4 Å². The van der Waals surface area contributed by atoms with Gasteiger partial charge in [0.15, 0.2) is 12.3 Å². The van der Waals surface area contributed by atoms with Crippen molar-refractivity contribution in [2.45, 2.75) is 32.2 Å². The molecule has 0 radical (unpaired) electrons. The van der Waals surface area contributed by atoms with Gasteiger partial charge in [0, 0.05) is 18.8 Å². The molecule has 27 heavy (non-hydrogen) atoms. The zero-order valence-corrected chi connectivity index (χ0v) is 17.1. The Hall–Kier alpha value is -2.16. The normalized spacial score (nSPS) is 12.9. The number of sulfonamides is 1. The highest BCUT2D eigenvalue weighted by molar-refractivity contribution is 7.89. The third kappa shape index (κ3) is 5.66. The third-order valence-electron chi connectivity index (χ3n) is 4.22. The molecule has 0 bridgehead atoms. The predicted molar refractivity (Wildman–Crippen MR) is 104 cm³/mol. The number of nitrogens with zero attached hydrogens (tertiary/aromatic N) is 1. The Bertz CT molecular complexity index is 855. The summed E-state index contributed by atoms with van der Waals surface area (Å²) in [6.07, 6.45) is 0. The van der Waals surface area contributed by atoms with Crippen molar-refractivity contribution in [2.75, 3.05) is 32.0 Å². The van der Waals surface area contributed by atoms with Crippen LogP contribution in [0.2, 0.25) is 0 Å². The van der Waals surface area contributed by atoms with Crippen LogP contribution in [0.1, 0.15) is 25.4 Å². The van der Waals surface area contributed by atoms with Gasteiger partial charge in [-0.05, 0) is 43.3 Å². The molecule has 2 aromatic rings. The fourth-order valence-electron chi connectivity index (χ4n) is 2.84. The summed E-state index contributed by atoms with van der Waals surface area (Å²) in [5, 5.41) is 2.80. The van der Waals surface area contributed by atoms with E-state index in [0.29, 0.717) is 25.3 Å². The van der Waals surface area contributed by atoms with Gasteiger partial charge in [0.05, 0.1) is 11.9 Å². The van der Waals surface area contributed by atoms with Gasteiger partial charge in [-0.2, -0.15) is 4.31 Å². The second-order valence-corrected chi connectivity index (χ2v) is 8.42. The van der Waals surface area contributed by atoms with Gasteiger partial charge < -0.3 is 14.6 Å². The molecule has 1 unspecified atom stereocenters. The molecule has 2 N–H and O–H groups in total. The van der Waals surface area contributed by atoms with Crippen LogP contribution in [-0.4, -0.2) is 45.3 Å². The maximum absolute atomic E-state index is 12.5. The van der Waals surface area contributed by atoms with E-state index in [1.165, 1.54) is 16.4 Å². The molecule has 0 aliphatic carbocycles. The molecule has 0 saturated carbocycles. The van der Waals surface area contributed by atoms with Gasteiger partial charge in [0.2, 0.25) is 10.0 Å². The number of benzene rings is 1. The number of rotatable bonds is 9. The predicted octanol–water partition coefficient (Wildman–Crippen LogP) is 1.27. The van der Waals surface area contributed by atoms with E-state index in [1.807, 2.05) is 26.1 Å². The lowest BCUT2D eigenvalue weighted by Crippen LogP contribution is -3.08. The van der Waals surface area contributed by atoms with E-state index in [4.69, 9.17) is 4.42 Å². The Morgan fingerprint density at radius 3 is 2.26 bits per heavy atom. The van der Waals surface area contributed by atoms with Crippen molar-refractivity contribution in [1.29, 1.82) is 0 Å². The Balaban J connectivity index is 1.94. The summed E-state index contributed by atoms with van der Waals surface area (Å²) < 4.78 is 31.9. The number of anilines is 1. The Labute approximate surface area is 161 Å². The van der Waals surface area contributed by atoms with Gasteiger partial charge in [-0.1, -0.05) is 13.8 Å². The van der Waals surface area contributed by atoms with E-state index in [9.17, 15) is 13.2 Å². The Kier molecular flexibility index (Phi) is 7.18. The molecule has 1 heterocycles. The second-order valence-electron chi connectivity index (χ2n) is 6.48. The molecule has 0 spiro atoms. The highest BCUT2D eigenvalue weighted by Gasteiger charge is 2.21. The van der Waals surface area contributed by atoms with E-state index in [-0.39, 0.29) is 17.3 Å². The van der Waals surface area contributed by atoms with Crippen LogP contribution in [0.5, 0.6) is 0 Å². The zero-order valence-electron chi connectivity index (χ0n) is 16.3. The number of nitrogens with one attached hydrogen (secondary N) is 2. The number of hydrogen-bond acceptors (Lipinski definition) is 4. The molecular formula is C19H28N3O4S+. The van der Waals surface area contributed by atoms with Crippen LogP contribution in [0.25, 0.3) is 0 Å². The van der Waals surface area contributed by atoms with Crippen molar-refractivity contribution in [2.24, 2.45) is 0 Å². The van der Waals surface area contributed by atoms with Crippen molar-refractivity contribution < 1.29 is 22.5 Å². The van der Waals surface area contributed by atoms with E-state index >= 15 is 0 Å². The molecule has 1 amide bonds. The molecule has 0 aliphatic rings. The molecule has 2 rings (SSSR count). The smallest absolute Gasteiger partial charge is 0.279 e. The van der Waals surface area contributed by atoms with Gasteiger partial charge in [-0.3, -0.25) is 4.79 Å². The van der Waals surface area contributed by atoms with Crippen molar-refractivity contribution in [3.05, 3.63) is 47.9 Å².